The van der Waals surface area contributed by atoms with Crippen molar-refractivity contribution in [3.63, 3.8) is 0 Å². The first-order valence-electron chi connectivity index (χ1n) is 8.17. The first-order chi connectivity index (χ1) is 11.8. The van der Waals surface area contributed by atoms with Crippen LogP contribution in [0.5, 0.6) is 0 Å². The summed E-state index contributed by atoms with van der Waals surface area (Å²) in [5.74, 6) is 0.632. The van der Waals surface area contributed by atoms with Gasteiger partial charge in [-0.25, -0.2) is 14.6 Å². The number of rotatable bonds is 4. The van der Waals surface area contributed by atoms with E-state index in [1.165, 1.54) is 12.0 Å². The Morgan fingerprint density at radius 3 is 2.71 bits per heavy atom. The van der Waals surface area contributed by atoms with Crippen molar-refractivity contribution in [1.82, 2.24) is 30.3 Å². The Balaban J connectivity index is 1.52. The maximum absolute atomic E-state index is 12.3. The lowest BCUT2D eigenvalue weighted by atomic mass is 9.92. The Labute approximate surface area is 139 Å². The van der Waals surface area contributed by atoms with Crippen LogP contribution < -0.4 is 10.2 Å². The van der Waals surface area contributed by atoms with Crippen molar-refractivity contribution in [2.75, 3.05) is 18.0 Å². The number of allylic oxidation sites excluding steroid dienone is 1. The Kier molecular flexibility index (Phi) is 3.94. The van der Waals surface area contributed by atoms with Gasteiger partial charge >= 0.3 is 0 Å². The fraction of sp³-hybridized carbons (Fsp3) is 0.438. The van der Waals surface area contributed by atoms with E-state index in [0.29, 0.717) is 19.0 Å². The lowest BCUT2D eigenvalue weighted by molar-refractivity contribution is -0.117. The highest BCUT2D eigenvalue weighted by atomic mass is 16.1. The third-order valence-corrected chi connectivity index (χ3v) is 4.56. The van der Waals surface area contributed by atoms with E-state index in [-0.39, 0.29) is 18.0 Å². The highest BCUT2D eigenvalue weighted by Crippen LogP contribution is 2.26. The van der Waals surface area contributed by atoms with Crippen LogP contribution in [0.15, 0.2) is 42.5 Å². The summed E-state index contributed by atoms with van der Waals surface area (Å²) in [7, 11) is 0. The van der Waals surface area contributed by atoms with Crippen molar-refractivity contribution < 1.29 is 4.79 Å². The molecule has 8 nitrogen and oxygen atoms in total. The Morgan fingerprint density at radius 1 is 1.21 bits per heavy atom. The standard InChI is InChI=1S/C16H19N7O/c24-15(9-12-3-1-4-12)20-13-10-22(16-17-5-2-6-18-16)11-14(13)23-8-7-19-21-23/h2,5-9,13-14H,1,3-4,10-11H2,(H,20,24)/t13-,14+/m1/s1. The van der Waals surface area contributed by atoms with Gasteiger partial charge in [0, 0.05) is 37.8 Å². The second kappa shape index (κ2) is 6.38. The molecule has 1 aliphatic heterocycles. The van der Waals surface area contributed by atoms with Crippen molar-refractivity contribution in [3.05, 3.63) is 42.5 Å². The summed E-state index contributed by atoms with van der Waals surface area (Å²) in [5.41, 5.74) is 1.23. The van der Waals surface area contributed by atoms with Crippen molar-refractivity contribution in [2.24, 2.45) is 0 Å². The average Bonchev–Trinajstić information content (AvgIpc) is 3.21. The highest BCUT2D eigenvalue weighted by molar-refractivity contribution is 5.88. The minimum Gasteiger partial charge on any atom is -0.346 e. The number of amides is 1. The Hall–Kier alpha value is -2.77. The van der Waals surface area contributed by atoms with E-state index < -0.39 is 0 Å². The average molecular weight is 325 g/mol. The molecule has 2 aromatic heterocycles. The van der Waals surface area contributed by atoms with Gasteiger partial charge in [-0.05, 0) is 25.3 Å². The smallest absolute Gasteiger partial charge is 0.244 e. The summed E-state index contributed by atoms with van der Waals surface area (Å²) in [5, 5.41) is 11.1. The van der Waals surface area contributed by atoms with Gasteiger partial charge in [-0.2, -0.15) is 0 Å². The quantitative estimate of drug-likeness (QED) is 0.834. The van der Waals surface area contributed by atoms with Crippen molar-refractivity contribution in [1.29, 1.82) is 0 Å². The van der Waals surface area contributed by atoms with Crippen LogP contribution in [-0.4, -0.2) is 50.0 Å². The zero-order valence-electron chi connectivity index (χ0n) is 13.2. The maximum Gasteiger partial charge on any atom is 0.244 e. The summed E-state index contributed by atoms with van der Waals surface area (Å²) in [6.07, 6.45) is 11.9. The van der Waals surface area contributed by atoms with E-state index in [0.717, 1.165) is 12.8 Å². The predicted octanol–water partition coefficient (Wildman–Crippen LogP) is 0.724. The lowest BCUT2D eigenvalue weighted by Crippen LogP contribution is -2.41. The number of nitrogens with zero attached hydrogens (tertiary/aromatic N) is 6. The van der Waals surface area contributed by atoms with Gasteiger partial charge in [0.1, 0.15) is 0 Å². The molecular weight excluding hydrogens is 306 g/mol. The van der Waals surface area contributed by atoms with E-state index in [4.69, 9.17) is 0 Å². The Bertz CT molecular complexity index is 722. The van der Waals surface area contributed by atoms with Gasteiger partial charge in [-0.15, -0.1) is 5.10 Å². The third kappa shape index (κ3) is 2.99. The fourth-order valence-corrected chi connectivity index (χ4v) is 3.14. The molecule has 0 unspecified atom stereocenters. The van der Waals surface area contributed by atoms with Crippen molar-refractivity contribution >= 4 is 11.9 Å². The van der Waals surface area contributed by atoms with Crippen LogP contribution in [0.4, 0.5) is 5.95 Å². The van der Waals surface area contributed by atoms with Gasteiger partial charge < -0.3 is 10.2 Å². The minimum absolute atomic E-state index is 0.0000432. The van der Waals surface area contributed by atoms with Gasteiger partial charge in [0.25, 0.3) is 0 Å². The molecule has 2 fully saturated rings. The van der Waals surface area contributed by atoms with Crippen LogP contribution in [-0.2, 0) is 4.79 Å². The minimum atomic E-state index is -0.0695. The van der Waals surface area contributed by atoms with E-state index in [1.807, 2.05) is 6.20 Å². The molecule has 2 aliphatic rings. The van der Waals surface area contributed by atoms with Crippen LogP contribution in [0.2, 0.25) is 0 Å². The second-order valence-electron chi connectivity index (χ2n) is 6.18. The molecule has 3 heterocycles. The zero-order valence-corrected chi connectivity index (χ0v) is 13.2. The molecule has 1 amide bonds. The molecule has 124 valence electrons. The van der Waals surface area contributed by atoms with Crippen LogP contribution >= 0.6 is 0 Å². The summed E-state index contributed by atoms with van der Waals surface area (Å²) in [6.45, 7) is 1.32. The van der Waals surface area contributed by atoms with Crippen LogP contribution in [0.1, 0.15) is 25.3 Å². The molecule has 0 spiro atoms. The van der Waals surface area contributed by atoms with Gasteiger partial charge in [-0.1, -0.05) is 10.8 Å². The largest absolute Gasteiger partial charge is 0.346 e. The monoisotopic (exact) mass is 325 g/mol. The van der Waals surface area contributed by atoms with Crippen LogP contribution in [0.25, 0.3) is 0 Å². The number of hydrogen-bond donors (Lipinski definition) is 1. The molecule has 24 heavy (non-hydrogen) atoms. The molecule has 4 rings (SSSR count). The second-order valence-corrected chi connectivity index (χ2v) is 6.18. The summed E-state index contributed by atoms with van der Waals surface area (Å²) in [6, 6.07) is 1.72. The Morgan fingerprint density at radius 2 is 2.04 bits per heavy atom. The van der Waals surface area contributed by atoms with Crippen LogP contribution in [0.3, 0.4) is 0 Å². The first-order valence-corrected chi connectivity index (χ1v) is 8.17. The van der Waals surface area contributed by atoms with E-state index in [1.54, 1.807) is 35.4 Å². The maximum atomic E-state index is 12.3. The van der Waals surface area contributed by atoms with Gasteiger partial charge in [-0.3, -0.25) is 4.79 Å². The van der Waals surface area contributed by atoms with Gasteiger partial charge in [0.2, 0.25) is 11.9 Å². The molecule has 0 radical (unpaired) electrons. The predicted molar refractivity (Wildman–Crippen MR) is 87.2 cm³/mol. The molecular formula is C16H19N7O. The molecule has 8 heteroatoms. The number of nitrogens with one attached hydrogen (secondary N) is 1. The first kappa shape index (κ1) is 14.8. The van der Waals surface area contributed by atoms with E-state index in [2.05, 4.69) is 30.5 Å². The van der Waals surface area contributed by atoms with Gasteiger partial charge in [0.15, 0.2) is 0 Å². The molecule has 1 N–H and O–H groups in total. The summed E-state index contributed by atoms with van der Waals surface area (Å²) in [4.78, 5) is 23.0. The molecule has 0 aromatic carbocycles. The summed E-state index contributed by atoms with van der Waals surface area (Å²) < 4.78 is 1.80. The number of anilines is 1. The topological polar surface area (TPSA) is 88.8 Å². The SMILES string of the molecule is O=C(C=C1CCC1)N[C@@H]1CN(c2ncccn2)C[C@@H]1n1ccnn1. The lowest BCUT2D eigenvalue weighted by Gasteiger charge is -2.20. The molecule has 1 aliphatic carbocycles. The van der Waals surface area contributed by atoms with E-state index in [9.17, 15) is 4.79 Å². The normalized spacial score (nSPS) is 23.0. The van der Waals surface area contributed by atoms with Crippen LogP contribution in [0, 0.1) is 0 Å². The molecule has 2 aromatic rings. The highest BCUT2D eigenvalue weighted by Gasteiger charge is 2.36. The fourth-order valence-electron chi connectivity index (χ4n) is 3.14. The number of carbonyl (C=O) groups is 1. The molecule has 0 bridgehead atoms. The van der Waals surface area contributed by atoms with E-state index >= 15 is 0 Å². The zero-order chi connectivity index (χ0) is 16.4. The number of hydrogen-bond acceptors (Lipinski definition) is 6. The molecule has 1 saturated heterocycles. The van der Waals surface area contributed by atoms with Crippen molar-refractivity contribution in [3.8, 4) is 0 Å². The number of aromatic nitrogens is 5. The van der Waals surface area contributed by atoms with Gasteiger partial charge in [0.05, 0.1) is 18.3 Å². The number of carbonyl (C=O) groups excluding carboxylic acids is 1. The van der Waals surface area contributed by atoms with Crippen molar-refractivity contribution in [2.45, 2.75) is 31.3 Å². The molecule has 2 atom stereocenters. The third-order valence-electron chi connectivity index (χ3n) is 4.56. The molecule has 1 saturated carbocycles. The summed E-state index contributed by atoms with van der Waals surface area (Å²) >= 11 is 0.